The second kappa shape index (κ2) is 7.79. The number of carbonyl (C=O) groups excluding carboxylic acids is 2. The summed E-state index contributed by atoms with van der Waals surface area (Å²) >= 11 is 0. The lowest BCUT2D eigenvalue weighted by Crippen LogP contribution is -2.43. The number of hydrogen-bond donors (Lipinski definition) is 3. The summed E-state index contributed by atoms with van der Waals surface area (Å²) in [5, 5.41) is 8.14. The van der Waals surface area contributed by atoms with Crippen LogP contribution in [0.2, 0.25) is 0 Å². The molecule has 1 atom stereocenters. The highest BCUT2D eigenvalue weighted by molar-refractivity contribution is 5.84. The van der Waals surface area contributed by atoms with Gasteiger partial charge in [-0.25, -0.2) is 9.18 Å². The van der Waals surface area contributed by atoms with E-state index in [9.17, 15) is 14.0 Å². The van der Waals surface area contributed by atoms with Crippen LogP contribution in [0.3, 0.4) is 0 Å². The van der Waals surface area contributed by atoms with Crippen LogP contribution in [0.1, 0.15) is 30.0 Å². The van der Waals surface area contributed by atoms with Crippen molar-refractivity contribution in [1.82, 2.24) is 16.0 Å². The van der Waals surface area contributed by atoms with E-state index in [1.165, 1.54) is 12.1 Å². The molecule has 1 fully saturated rings. The molecule has 0 heterocycles. The topological polar surface area (TPSA) is 70.2 Å². The quantitative estimate of drug-likeness (QED) is 0.755. The van der Waals surface area contributed by atoms with E-state index in [1.54, 1.807) is 12.1 Å². The molecule has 3 N–H and O–H groups in total. The van der Waals surface area contributed by atoms with Gasteiger partial charge in [-0.3, -0.25) is 4.79 Å². The van der Waals surface area contributed by atoms with Gasteiger partial charge in [0.15, 0.2) is 0 Å². The molecule has 25 heavy (non-hydrogen) atoms. The molecule has 130 valence electrons. The van der Waals surface area contributed by atoms with Crippen LogP contribution in [0, 0.1) is 5.82 Å². The first-order valence-electron chi connectivity index (χ1n) is 8.26. The lowest BCUT2D eigenvalue weighted by Gasteiger charge is -2.20. The summed E-state index contributed by atoms with van der Waals surface area (Å²) in [4.78, 5) is 23.9. The van der Waals surface area contributed by atoms with Gasteiger partial charge in [0.2, 0.25) is 5.91 Å². The Labute approximate surface area is 145 Å². The zero-order chi connectivity index (χ0) is 17.6. The highest BCUT2D eigenvalue weighted by Gasteiger charge is 2.23. The number of amides is 3. The van der Waals surface area contributed by atoms with Crippen LogP contribution >= 0.6 is 0 Å². The average molecular weight is 341 g/mol. The van der Waals surface area contributed by atoms with Gasteiger partial charge in [0.25, 0.3) is 0 Å². The van der Waals surface area contributed by atoms with Gasteiger partial charge in [-0.05, 0) is 36.1 Å². The van der Waals surface area contributed by atoms with Crippen molar-refractivity contribution >= 4 is 11.9 Å². The Morgan fingerprint density at radius 2 is 1.76 bits per heavy atom. The minimum atomic E-state index is -0.488. The van der Waals surface area contributed by atoms with Gasteiger partial charge in [-0.1, -0.05) is 42.5 Å². The molecule has 6 heteroatoms. The number of nitrogens with one attached hydrogen (secondary N) is 3. The molecular weight excluding hydrogens is 321 g/mol. The summed E-state index contributed by atoms with van der Waals surface area (Å²) in [6.45, 7) is -0.142. The average Bonchev–Trinajstić information content (AvgIpc) is 3.42. The van der Waals surface area contributed by atoms with Crippen molar-refractivity contribution < 1.29 is 14.0 Å². The van der Waals surface area contributed by atoms with E-state index in [-0.39, 0.29) is 30.3 Å². The SMILES string of the molecule is O=C(CNC(=O)NC1CC1)N[C@@H](c1ccccc1)c1cccc(F)c1. The van der Waals surface area contributed by atoms with Gasteiger partial charge in [0.1, 0.15) is 5.82 Å². The third kappa shape index (κ3) is 5.04. The standard InChI is InChI=1S/C19H20FN3O2/c20-15-8-4-7-14(11-15)18(13-5-2-1-3-6-13)23-17(24)12-21-19(25)22-16-9-10-16/h1-8,11,16,18H,9-10,12H2,(H,23,24)(H2,21,22,25)/t18-/m0/s1. The molecule has 0 unspecified atom stereocenters. The fraction of sp³-hybridized carbons (Fsp3) is 0.263. The first-order chi connectivity index (χ1) is 12.1. The molecule has 5 nitrogen and oxygen atoms in total. The van der Waals surface area contributed by atoms with Crippen molar-refractivity contribution in [3.8, 4) is 0 Å². The van der Waals surface area contributed by atoms with E-state index in [0.29, 0.717) is 5.56 Å². The second-order valence-electron chi connectivity index (χ2n) is 6.07. The summed E-state index contributed by atoms with van der Waals surface area (Å²) in [7, 11) is 0. The smallest absolute Gasteiger partial charge is 0.315 e. The third-order valence-electron chi connectivity index (χ3n) is 3.94. The first-order valence-corrected chi connectivity index (χ1v) is 8.26. The van der Waals surface area contributed by atoms with Crippen molar-refractivity contribution in [2.75, 3.05) is 6.54 Å². The number of benzene rings is 2. The highest BCUT2D eigenvalue weighted by atomic mass is 19.1. The van der Waals surface area contributed by atoms with Crippen molar-refractivity contribution in [3.05, 3.63) is 71.5 Å². The third-order valence-corrected chi connectivity index (χ3v) is 3.94. The number of rotatable bonds is 6. The van der Waals surface area contributed by atoms with Crippen LogP contribution in [0.25, 0.3) is 0 Å². The summed E-state index contributed by atoms with van der Waals surface area (Å²) in [6, 6.07) is 14.8. The van der Waals surface area contributed by atoms with Crippen molar-refractivity contribution in [2.24, 2.45) is 0 Å². The maximum absolute atomic E-state index is 13.6. The molecule has 1 aliphatic carbocycles. The Balaban J connectivity index is 1.67. The van der Waals surface area contributed by atoms with Gasteiger partial charge < -0.3 is 16.0 Å². The van der Waals surface area contributed by atoms with E-state index in [2.05, 4.69) is 16.0 Å². The maximum atomic E-state index is 13.6. The van der Waals surface area contributed by atoms with Crippen molar-refractivity contribution in [2.45, 2.75) is 24.9 Å². The van der Waals surface area contributed by atoms with E-state index in [1.807, 2.05) is 30.3 Å². The second-order valence-corrected chi connectivity index (χ2v) is 6.07. The van der Waals surface area contributed by atoms with Crippen LogP contribution < -0.4 is 16.0 Å². The van der Waals surface area contributed by atoms with Crippen molar-refractivity contribution in [3.63, 3.8) is 0 Å². The minimum Gasteiger partial charge on any atom is -0.344 e. The molecule has 3 amide bonds. The van der Waals surface area contributed by atoms with Gasteiger partial charge >= 0.3 is 6.03 Å². The van der Waals surface area contributed by atoms with E-state index < -0.39 is 6.04 Å². The predicted molar refractivity (Wildman–Crippen MR) is 92.4 cm³/mol. The Bertz CT molecular complexity index is 747. The Hall–Kier alpha value is -2.89. The fourth-order valence-corrected chi connectivity index (χ4v) is 2.53. The molecule has 0 spiro atoms. The van der Waals surface area contributed by atoms with E-state index in [4.69, 9.17) is 0 Å². The summed E-state index contributed by atoms with van der Waals surface area (Å²) in [6.07, 6.45) is 1.96. The molecule has 2 aromatic rings. The predicted octanol–water partition coefficient (Wildman–Crippen LogP) is 2.49. The number of carbonyl (C=O) groups is 2. The molecule has 1 saturated carbocycles. The molecule has 0 radical (unpaired) electrons. The van der Waals surface area contributed by atoms with Crippen LogP contribution in [0.5, 0.6) is 0 Å². The van der Waals surface area contributed by atoms with Crippen LogP contribution in [-0.2, 0) is 4.79 Å². The Morgan fingerprint density at radius 1 is 1.04 bits per heavy atom. The van der Waals surface area contributed by atoms with Crippen LogP contribution in [-0.4, -0.2) is 24.5 Å². The highest BCUT2D eigenvalue weighted by Crippen LogP contribution is 2.22. The van der Waals surface area contributed by atoms with E-state index in [0.717, 1.165) is 18.4 Å². The number of halogens is 1. The zero-order valence-electron chi connectivity index (χ0n) is 13.7. The summed E-state index contributed by atoms with van der Waals surface area (Å²) in [5.41, 5.74) is 1.48. The zero-order valence-corrected chi connectivity index (χ0v) is 13.7. The number of urea groups is 1. The molecule has 0 aliphatic heterocycles. The Morgan fingerprint density at radius 3 is 2.44 bits per heavy atom. The number of hydrogen-bond acceptors (Lipinski definition) is 2. The molecule has 2 aromatic carbocycles. The fourth-order valence-electron chi connectivity index (χ4n) is 2.53. The lowest BCUT2D eigenvalue weighted by atomic mass is 9.98. The molecule has 1 aliphatic rings. The first kappa shape index (κ1) is 17.0. The van der Waals surface area contributed by atoms with Gasteiger partial charge in [0.05, 0.1) is 12.6 Å². The van der Waals surface area contributed by atoms with Crippen LogP contribution in [0.4, 0.5) is 9.18 Å². The largest absolute Gasteiger partial charge is 0.344 e. The lowest BCUT2D eigenvalue weighted by molar-refractivity contribution is -0.120. The molecular formula is C19H20FN3O2. The monoisotopic (exact) mass is 341 g/mol. The Kier molecular flexibility index (Phi) is 5.28. The molecule has 3 rings (SSSR count). The van der Waals surface area contributed by atoms with Gasteiger partial charge in [0, 0.05) is 6.04 Å². The summed E-state index contributed by atoms with van der Waals surface area (Å²) in [5.74, 6) is -0.710. The maximum Gasteiger partial charge on any atom is 0.315 e. The summed E-state index contributed by atoms with van der Waals surface area (Å²) < 4.78 is 13.6. The minimum absolute atomic E-state index is 0.142. The molecule has 0 bridgehead atoms. The van der Waals surface area contributed by atoms with E-state index >= 15 is 0 Å². The van der Waals surface area contributed by atoms with Crippen LogP contribution in [0.15, 0.2) is 54.6 Å². The van der Waals surface area contributed by atoms with Gasteiger partial charge in [-0.2, -0.15) is 0 Å². The van der Waals surface area contributed by atoms with Gasteiger partial charge in [-0.15, -0.1) is 0 Å². The molecule has 0 aromatic heterocycles. The normalized spacial score (nSPS) is 14.4. The molecule has 0 saturated heterocycles. The van der Waals surface area contributed by atoms with Crippen molar-refractivity contribution in [1.29, 1.82) is 0 Å².